The predicted octanol–water partition coefficient (Wildman–Crippen LogP) is 5.61. The first-order valence-electron chi connectivity index (χ1n) is 7.45. The molecular weight excluding hydrogens is 416 g/mol. The average Bonchev–Trinajstić information content (AvgIpc) is 2.68. The molecule has 0 saturated carbocycles. The second kappa shape index (κ2) is 8.23. The Morgan fingerprint density at radius 2 is 1.58 bits per heavy atom. The number of amides is 1. The molecule has 0 spiro atoms. The van der Waals surface area contributed by atoms with Gasteiger partial charge in [0, 0.05) is 6.20 Å². The van der Waals surface area contributed by atoms with E-state index < -0.39 is 11.9 Å². The molecule has 0 bridgehead atoms. The van der Waals surface area contributed by atoms with Crippen molar-refractivity contribution in [1.82, 2.24) is 15.3 Å². The molecule has 1 atom stereocenters. The molecule has 1 aromatic carbocycles. The molecule has 1 N–H and O–H groups in total. The van der Waals surface area contributed by atoms with E-state index in [1.54, 1.807) is 12.3 Å². The van der Waals surface area contributed by atoms with Crippen molar-refractivity contribution in [2.75, 3.05) is 0 Å². The molecule has 3 aromatic rings. The lowest BCUT2D eigenvalue weighted by atomic mass is 10.0. The Bertz CT molecular complexity index is 897. The third-order valence-electron chi connectivity index (χ3n) is 3.59. The van der Waals surface area contributed by atoms with Crippen molar-refractivity contribution in [3.05, 3.63) is 91.9 Å². The van der Waals surface area contributed by atoms with Crippen molar-refractivity contribution in [3.63, 3.8) is 0 Å². The zero-order chi connectivity index (χ0) is 18.7. The van der Waals surface area contributed by atoms with E-state index in [9.17, 15) is 4.79 Å². The third kappa shape index (κ3) is 3.94. The molecule has 132 valence electrons. The maximum Gasteiger partial charge on any atom is 0.272 e. The molecule has 4 nitrogen and oxygen atoms in total. The van der Waals surface area contributed by atoms with Gasteiger partial charge < -0.3 is 5.32 Å². The molecule has 3 rings (SSSR count). The van der Waals surface area contributed by atoms with Crippen LogP contribution in [-0.4, -0.2) is 15.9 Å². The van der Waals surface area contributed by atoms with Crippen molar-refractivity contribution in [2.45, 2.75) is 6.04 Å². The van der Waals surface area contributed by atoms with Crippen LogP contribution in [0.1, 0.15) is 27.8 Å². The fourth-order valence-electron chi connectivity index (χ4n) is 2.36. The van der Waals surface area contributed by atoms with Gasteiger partial charge >= 0.3 is 0 Å². The van der Waals surface area contributed by atoms with Crippen LogP contribution in [0.25, 0.3) is 0 Å². The molecule has 0 aliphatic heterocycles. The Labute approximate surface area is 170 Å². The smallest absolute Gasteiger partial charge is 0.272 e. The van der Waals surface area contributed by atoms with Crippen LogP contribution in [0.4, 0.5) is 0 Å². The number of halogens is 4. The van der Waals surface area contributed by atoms with Gasteiger partial charge in [0.2, 0.25) is 0 Å². The number of nitrogens with zero attached hydrogens (tertiary/aromatic N) is 2. The number of benzene rings is 1. The van der Waals surface area contributed by atoms with E-state index in [0.29, 0.717) is 5.69 Å². The van der Waals surface area contributed by atoms with Crippen LogP contribution in [0, 0.1) is 0 Å². The van der Waals surface area contributed by atoms with Gasteiger partial charge in [-0.2, -0.15) is 0 Å². The van der Waals surface area contributed by atoms with E-state index in [1.165, 1.54) is 0 Å². The molecule has 0 aliphatic carbocycles. The van der Waals surface area contributed by atoms with Gasteiger partial charge in [0.1, 0.15) is 10.8 Å². The van der Waals surface area contributed by atoms with Crippen LogP contribution >= 0.6 is 46.4 Å². The van der Waals surface area contributed by atoms with Gasteiger partial charge in [0.25, 0.3) is 5.91 Å². The van der Waals surface area contributed by atoms with Gasteiger partial charge in [-0.15, -0.1) is 0 Å². The minimum absolute atomic E-state index is 0.000723. The Morgan fingerprint density at radius 3 is 2.23 bits per heavy atom. The quantitative estimate of drug-likeness (QED) is 0.551. The summed E-state index contributed by atoms with van der Waals surface area (Å²) in [4.78, 5) is 21.1. The lowest BCUT2D eigenvalue weighted by molar-refractivity contribution is 0.0937. The van der Waals surface area contributed by atoms with Crippen molar-refractivity contribution in [1.29, 1.82) is 0 Å². The Hall–Kier alpha value is -1.85. The largest absolute Gasteiger partial charge is 0.338 e. The molecule has 0 radical (unpaired) electrons. The zero-order valence-corrected chi connectivity index (χ0v) is 16.1. The molecular formula is C18H11Cl4N3O. The van der Waals surface area contributed by atoms with E-state index in [0.717, 1.165) is 5.56 Å². The lowest BCUT2D eigenvalue weighted by Gasteiger charge is -2.19. The Balaban J connectivity index is 1.99. The second-order valence-electron chi connectivity index (χ2n) is 5.26. The fraction of sp³-hybridized carbons (Fsp3) is 0.0556. The first-order chi connectivity index (χ1) is 12.5. The molecule has 0 saturated heterocycles. The Kier molecular flexibility index (Phi) is 5.99. The topological polar surface area (TPSA) is 54.9 Å². The average molecular weight is 427 g/mol. The highest BCUT2D eigenvalue weighted by Crippen LogP contribution is 2.36. The number of carbonyl (C=O) groups is 1. The summed E-state index contributed by atoms with van der Waals surface area (Å²) in [6.07, 6.45) is 1.65. The number of aromatic nitrogens is 2. The van der Waals surface area contributed by atoms with Crippen molar-refractivity contribution in [3.8, 4) is 0 Å². The van der Waals surface area contributed by atoms with E-state index in [4.69, 9.17) is 46.4 Å². The molecule has 2 aromatic heterocycles. The van der Waals surface area contributed by atoms with Gasteiger partial charge in [0.05, 0.1) is 26.8 Å². The molecule has 0 aliphatic rings. The maximum absolute atomic E-state index is 12.8. The van der Waals surface area contributed by atoms with Crippen LogP contribution in [0.2, 0.25) is 20.2 Å². The van der Waals surface area contributed by atoms with Crippen LogP contribution in [0.3, 0.4) is 0 Å². The summed E-state index contributed by atoms with van der Waals surface area (Å²) in [6.45, 7) is 0. The van der Waals surface area contributed by atoms with Gasteiger partial charge in [-0.25, -0.2) is 4.98 Å². The highest BCUT2D eigenvalue weighted by atomic mass is 35.5. The summed E-state index contributed by atoms with van der Waals surface area (Å²) in [6, 6.07) is 14.4. The summed E-state index contributed by atoms with van der Waals surface area (Å²) in [5.41, 5.74) is 1.40. The number of hydrogen-bond donors (Lipinski definition) is 1. The van der Waals surface area contributed by atoms with Crippen LogP contribution in [-0.2, 0) is 0 Å². The van der Waals surface area contributed by atoms with Gasteiger partial charge in [0.15, 0.2) is 0 Å². The van der Waals surface area contributed by atoms with E-state index in [1.807, 2.05) is 42.5 Å². The summed E-state index contributed by atoms with van der Waals surface area (Å²) < 4.78 is 0. The monoisotopic (exact) mass is 425 g/mol. The van der Waals surface area contributed by atoms with E-state index in [-0.39, 0.29) is 25.9 Å². The highest BCUT2D eigenvalue weighted by molar-refractivity contribution is 6.52. The predicted molar refractivity (Wildman–Crippen MR) is 104 cm³/mol. The minimum atomic E-state index is -0.546. The Morgan fingerprint density at radius 1 is 0.885 bits per heavy atom. The molecule has 8 heteroatoms. The van der Waals surface area contributed by atoms with Crippen LogP contribution in [0.15, 0.2) is 54.7 Å². The lowest BCUT2D eigenvalue weighted by Crippen LogP contribution is -2.31. The SMILES string of the molecule is O=C(N[C@H](c1ccccc1)c1ccccn1)c1nc(Cl)c(Cl)c(Cl)c1Cl. The molecule has 0 unspecified atom stereocenters. The summed E-state index contributed by atoms with van der Waals surface area (Å²) >= 11 is 24.0. The fourth-order valence-corrected chi connectivity index (χ4v) is 3.17. The molecule has 2 heterocycles. The third-order valence-corrected chi connectivity index (χ3v) is 5.27. The van der Waals surface area contributed by atoms with Gasteiger partial charge in [-0.1, -0.05) is 82.8 Å². The number of nitrogens with one attached hydrogen (secondary N) is 1. The second-order valence-corrected chi connectivity index (χ2v) is 6.76. The zero-order valence-electron chi connectivity index (χ0n) is 13.1. The first-order valence-corrected chi connectivity index (χ1v) is 8.97. The van der Waals surface area contributed by atoms with Crippen molar-refractivity contribution >= 4 is 52.3 Å². The summed E-state index contributed by atoms with van der Waals surface area (Å²) in [5.74, 6) is -0.546. The molecule has 26 heavy (non-hydrogen) atoms. The highest BCUT2D eigenvalue weighted by Gasteiger charge is 2.24. The molecule has 0 fully saturated rings. The van der Waals surface area contributed by atoms with Gasteiger partial charge in [-0.3, -0.25) is 9.78 Å². The van der Waals surface area contributed by atoms with Gasteiger partial charge in [-0.05, 0) is 17.7 Å². The standard InChI is InChI=1S/C18H11Cl4N3O/c19-12-13(20)16(24-17(22)14(12)21)18(26)25-15(10-6-2-1-3-7-10)11-8-4-5-9-23-11/h1-9,15H,(H,25,26)/t15-/m1/s1. The minimum Gasteiger partial charge on any atom is -0.338 e. The summed E-state index contributed by atoms with van der Waals surface area (Å²) in [5, 5.41) is 2.69. The summed E-state index contributed by atoms with van der Waals surface area (Å²) in [7, 11) is 0. The van der Waals surface area contributed by atoms with Crippen LogP contribution in [0.5, 0.6) is 0 Å². The van der Waals surface area contributed by atoms with E-state index in [2.05, 4.69) is 15.3 Å². The first kappa shape index (κ1) is 18.9. The van der Waals surface area contributed by atoms with Crippen LogP contribution < -0.4 is 5.32 Å². The number of carbonyl (C=O) groups excluding carboxylic acids is 1. The number of hydrogen-bond acceptors (Lipinski definition) is 3. The maximum atomic E-state index is 12.8. The van der Waals surface area contributed by atoms with Crippen molar-refractivity contribution in [2.24, 2.45) is 0 Å². The normalized spacial score (nSPS) is 11.8. The number of pyridine rings is 2. The molecule has 1 amide bonds. The van der Waals surface area contributed by atoms with E-state index >= 15 is 0 Å². The van der Waals surface area contributed by atoms with Crippen molar-refractivity contribution < 1.29 is 4.79 Å². The number of rotatable bonds is 4.